The molecular weight excluding hydrogens is 295 g/mol. The van der Waals surface area contributed by atoms with Crippen LogP contribution in [-0.2, 0) is 6.42 Å². The standard InChI is InChI=1S/C15H12BrFO/c1-10-6-7-13(16)12(8-10)15(18)9-11-4-2-3-5-14(11)17/h2-8H,9H2,1H3. The van der Waals surface area contributed by atoms with E-state index in [0.29, 0.717) is 11.1 Å². The van der Waals surface area contributed by atoms with Gasteiger partial charge in [-0.2, -0.15) is 0 Å². The molecule has 0 heterocycles. The first-order chi connectivity index (χ1) is 8.58. The van der Waals surface area contributed by atoms with E-state index in [1.165, 1.54) is 6.07 Å². The van der Waals surface area contributed by atoms with Crippen molar-refractivity contribution in [3.63, 3.8) is 0 Å². The van der Waals surface area contributed by atoms with Gasteiger partial charge in [0.2, 0.25) is 0 Å². The fourth-order valence-electron chi connectivity index (χ4n) is 1.76. The Labute approximate surface area is 114 Å². The van der Waals surface area contributed by atoms with E-state index in [-0.39, 0.29) is 18.0 Å². The summed E-state index contributed by atoms with van der Waals surface area (Å²) in [6, 6.07) is 11.9. The van der Waals surface area contributed by atoms with Crippen LogP contribution in [0.15, 0.2) is 46.9 Å². The average Bonchev–Trinajstić information content (AvgIpc) is 2.35. The van der Waals surface area contributed by atoms with Crippen LogP contribution in [0.5, 0.6) is 0 Å². The molecule has 3 heteroatoms. The van der Waals surface area contributed by atoms with E-state index in [9.17, 15) is 9.18 Å². The van der Waals surface area contributed by atoms with Gasteiger partial charge in [0, 0.05) is 16.5 Å². The largest absolute Gasteiger partial charge is 0.294 e. The molecule has 2 rings (SSSR count). The number of carbonyl (C=O) groups is 1. The second kappa shape index (κ2) is 5.44. The van der Waals surface area contributed by atoms with Gasteiger partial charge in [0.1, 0.15) is 5.82 Å². The molecule has 0 amide bonds. The van der Waals surface area contributed by atoms with Crippen molar-refractivity contribution < 1.29 is 9.18 Å². The molecule has 92 valence electrons. The second-order valence-corrected chi connectivity index (χ2v) is 5.03. The highest BCUT2D eigenvalue weighted by Crippen LogP contribution is 2.20. The molecule has 0 saturated heterocycles. The summed E-state index contributed by atoms with van der Waals surface area (Å²) in [5.74, 6) is -0.426. The number of hydrogen-bond acceptors (Lipinski definition) is 1. The van der Waals surface area contributed by atoms with Gasteiger partial charge in [0.15, 0.2) is 5.78 Å². The molecule has 0 aliphatic rings. The summed E-state index contributed by atoms with van der Waals surface area (Å²) in [7, 11) is 0. The van der Waals surface area contributed by atoms with E-state index in [1.54, 1.807) is 18.2 Å². The van der Waals surface area contributed by atoms with E-state index in [4.69, 9.17) is 0 Å². The van der Waals surface area contributed by atoms with Crippen molar-refractivity contribution in [3.8, 4) is 0 Å². The molecule has 0 spiro atoms. The lowest BCUT2D eigenvalue weighted by Gasteiger charge is -2.06. The minimum atomic E-state index is -0.338. The zero-order valence-electron chi connectivity index (χ0n) is 9.91. The second-order valence-electron chi connectivity index (χ2n) is 4.17. The van der Waals surface area contributed by atoms with Crippen LogP contribution < -0.4 is 0 Å². The van der Waals surface area contributed by atoms with Crippen LogP contribution in [0.2, 0.25) is 0 Å². The van der Waals surface area contributed by atoms with Crippen molar-refractivity contribution in [2.24, 2.45) is 0 Å². The van der Waals surface area contributed by atoms with Gasteiger partial charge in [-0.25, -0.2) is 4.39 Å². The first-order valence-corrected chi connectivity index (χ1v) is 6.40. The minimum Gasteiger partial charge on any atom is -0.294 e. The molecule has 0 atom stereocenters. The van der Waals surface area contributed by atoms with Crippen molar-refractivity contribution in [1.82, 2.24) is 0 Å². The van der Waals surface area contributed by atoms with E-state index in [2.05, 4.69) is 15.9 Å². The van der Waals surface area contributed by atoms with Crippen LogP contribution in [0.1, 0.15) is 21.5 Å². The smallest absolute Gasteiger partial charge is 0.168 e. The molecule has 2 aromatic carbocycles. The van der Waals surface area contributed by atoms with Crippen LogP contribution in [0, 0.1) is 12.7 Å². The molecular formula is C15H12BrFO. The van der Waals surface area contributed by atoms with Gasteiger partial charge in [0.25, 0.3) is 0 Å². The molecule has 0 unspecified atom stereocenters. The molecule has 0 bridgehead atoms. The molecule has 0 fully saturated rings. The van der Waals surface area contributed by atoms with E-state index in [0.717, 1.165) is 10.0 Å². The topological polar surface area (TPSA) is 17.1 Å². The SMILES string of the molecule is Cc1ccc(Br)c(C(=O)Cc2ccccc2F)c1. The fraction of sp³-hybridized carbons (Fsp3) is 0.133. The lowest BCUT2D eigenvalue weighted by molar-refractivity contribution is 0.0991. The zero-order chi connectivity index (χ0) is 13.1. The van der Waals surface area contributed by atoms with Gasteiger partial charge in [-0.1, -0.05) is 45.8 Å². The third kappa shape index (κ3) is 2.85. The Morgan fingerprint density at radius 2 is 1.94 bits per heavy atom. The summed E-state index contributed by atoms with van der Waals surface area (Å²) in [6.45, 7) is 1.92. The quantitative estimate of drug-likeness (QED) is 0.772. The Hall–Kier alpha value is -1.48. The van der Waals surface area contributed by atoms with Gasteiger partial charge in [-0.15, -0.1) is 0 Å². The lowest BCUT2D eigenvalue weighted by Crippen LogP contribution is -2.06. The molecule has 0 aliphatic heterocycles. The highest BCUT2D eigenvalue weighted by molar-refractivity contribution is 9.10. The maximum Gasteiger partial charge on any atom is 0.168 e. The normalized spacial score (nSPS) is 10.4. The number of halogens is 2. The van der Waals surface area contributed by atoms with Crippen molar-refractivity contribution in [2.75, 3.05) is 0 Å². The van der Waals surface area contributed by atoms with Crippen molar-refractivity contribution in [3.05, 3.63) is 69.4 Å². The van der Waals surface area contributed by atoms with Crippen LogP contribution >= 0.6 is 15.9 Å². The van der Waals surface area contributed by atoms with E-state index < -0.39 is 0 Å². The number of Topliss-reactive ketones (excluding diaryl/α,β-unsaturated/α-hetero) is 1. The summed E-state index contributed by atoms with van der Waals surface area (Å²) in [6.07, 6.45) is 0.0781. The van der Waals surface area contributed by atoms with Crippen LogP contribution in [0.4, 0.5) is 4.39 Å². The van der Waals surface area contributed by atoms with Crippen molar-refractivity contribution in [1.29, 1.82) is 0 Å². The van der Waals surface area contributed by atoms with Crippen molar-refractivity contribution in [2.45, 2.75) is 13.3 Å². The van der Waals surface area contributed by atoms with Gasteiger partial charge < -0.3 is 0 Å². The van der Waals surface area contributed by atoms with Gasteiger partial charge in [-0.3, -0.25) is 4.79 Å². The Bertz CT molecular complexity index is 593. The van der Waals surface area contributed by atoms with Gasteiger partial charge in [0.05, 0.1) is 0 Å². The summed E-state index contributed by atoms with van der Waals surface area (Å²) in [5, 5.41) is 0. The molecule has 0 N–H and O–H groups in total. The van der Waals surface area contributed by atoms with Crippen LogP contribution in [0.3, 0.4) is 0 Å². The van der Waals surface area contributed by atoms with Crippen molar-refractivity contribution >= 4 is 21.7 Å². The number of ketones is 1. The molecule has 0 aromatic heterocycles. The third-order valence-electron chi connectivity index (χ3n) is 2.73. The first kappa shape index (κ1) is 13.0. The van der Waals surface area contributed by atoms with Crippen LogP contribution in [0.25, 0.3) is 0 Å². The Morgan fingerprint density at radius 3 is 2.67 bits per heavy atom. The third-order valence-corrected chi connectivity index (χ3v) is 3.42. The molecule has 2 aromatic rings. The predicted molar refractivity (Wildman–Crippen MR) is 73.3 cm³/mol. The lowest BCUT2D eigenvalue weighted by atomic mass is 10.0. The first-order valence-electron chi connectivity index (χ1n) is 5.60. The molecule has 0 saturated carbocycles. The summed E-state index contributed by atoms with van der Waals surface area (Å²) < 4.78 is 14.2. The Morgan fingerprint density at radius 1 is 1.22 bits per heavy atom. The number of aryl methyl sites for hydroxylation is 1. The number of hydrogen-bond donors (Lipinski definition) is 0. The molecule has 1 nitrogen and oxygen atoms in total. The molecule has 0 aliphatic carbocycles. The van der Waals surface area contributed by atoms with Gasteiger partial charge in [-0.05, 0) is 30.7 Å². The fourth-order valence-corrected chi connectivity index (χ4v) is 2.23. The summed E-state index contributed by atoms with van der Waals surface area (Å²) >= 11 is 3.35. The average molecular weight is 307 g/mol. The molecule has 18 heavy (non-hydrogen) atoms. The number of benzene rings is 2. The zero-order valence-corrected chi connectivity index (χ0v) is 11.5. The molecule has 0 radical (unpaired) electrons. The highest BCUT2D eigenvalue weighted by Gasteiger charge is 2.13. The van der Waals surface area contributed by atoms with Crippen LogP contribution in [-0.4, -0.2) is 5.78 Å². The van der Waals surface area contributed by atoms with E-state index in [1.807, 2.05) is 25.1 Å². The summed E-state index contributed by atoms with van der Waals surface area (Å²) in [4.78, 5) is 12.1. The maximum atomic E-state index is 13.5. The number of rotatable bonds is 3. The minimum absolute atomic E-state index is 0.0781. The predicted octanol–water partition coefficient (Wildman–Crippen LogP) is 4.32. The maximum absolute atomic E-state index is 13.5. The summed E-state index contributed by atoms with van der Waals surface area (Å²) in [5.41, 5.74) is 2.03. The highest BCUT2D eigenvalue weighted by atomic mass is 79.9. The van der Waals surface area contributed by atoms with Gasteiger partial charge >= 0.3 is 0 Å². The monoisotopic (exact) mass is 306 g/mol. The Balaban J connectivity index is 2.28. The Kier molecular flexibility index (Phi) is 3.92. The number of carbonyl (C=O) groups excluding carboxylic acids is 1. The van der Waals surface area contributed by atoms with E-state index >= 15 is 0 Å².